The molecule has 2 aromatic rings. The van der Waals surface area contributed by atoms with Gasteiger partial charge in [0.15, 0.2) is 11.5 Å². The number of rotatable bonds is 6. The summed E-state index contributed by atoms with van der Waals surface area (Å²) < 4.78 is 16.2. The molecule has 0 bridgehead atoms. The summed E-state index contributed by atoms with van der Waals surface area (Å²) >= 11 is 0. The first-order valence-electron chi connectivity index (χ1n) is 9.53. The second-order valence-electron chi connectivity index (χ2n) is 6.73. The van der Waals surface area contributed by atoms with Gasteiger partial charge in [-0.3, -0.25) is 4.79 Å². The average Bonchev–Trinajstić information content (AvgIpc) is 2.77. The molecule has 6 nitrogen and oxygen atoms in total. The fraction of sp³-hybridized carbons (Fsp3) is 0.409. The van der Waals surface area contributed by atoms with Crippen molar-refractivity contribution in [3.05, 3.63) is 53.1 Å². The number of aryl methyl sites for hydroxylation is 1. The monoisotopic (exact) mass is 384 g/mol. The van der Waals surface area contributed by atoms with Gasteiger partial charge in [0.2, 0.25) is 5.75 Å². The van der Waals surface area contributed by atoms with Gasteiger partial charge in [-0.1, -0.05) is 31.2 Å². The first-order chi connectivity index (χ1) is 13.6. The van der Waals surface area contributed by atoms with Crippen molar-refractivity contribution in [2.24, 2.45) is 0 Å². The Hall–Kier alpha value is -2.73. The number of carbonyl (C=O) groups excluding carboxylic acids is 1. The number of hydrogen-bond acceptors (Lipinski definition) is 5. The van der Waals surface area contributed by atoms with E-state index in [-0.39, 0.29) is 11.9 Å². The quantitative estimate of drug-likeness (QED) is 0.830. The Labute approximate surface area is 166 Å². The lowest BCUT2D eigenvalue weighted by molar-refractivity contribution is 0.0633. The Morgan fingerprint density at radius 1 is 1.07 bits per heavy atom. The Morgan fingerprint density at radius 2 is 1.71 bits per heavy atom. The number of ether oxygens (including phenoxy) is 3. The summed E-state index contributed by atoms with van der Waals surface area (Å²) in [5, 5.41) is 3.40. The van der Waals surface area contributed by atoms with Gasteiger partial charge in [0.1, 0.15) is 0 Å². The third kappa shape index (κ3) is 3.92. The molecule has 0 radical (unpaired) electrons. The van der Waals surface area contributed by atoms with Crippen LogP contribution >= 0.6 is 0 Å². The van der Waals surface area contributed by atoms with E-state index in [9.17, 15) is 4.79 Å². The highest BCUT2D eigenvalue weighted by atomic mass is 16.5. The number of hydrogen-bond donors (Lipinski definition) is 1. The van der Waals surface area contributed by atoms with Crippen LogP contribution in [-0.4, -0.2) is 51.8 Å². The van der Waals surface area contributed by atoms with Crippen molar-refractivity contribution in [3.63, 3.8) is 0 Å². The van der Waals surface area contributed by atoms with Crippen LogP contribution in [0.1, 0.15) is 34.5 Å². The third-order valence-corrected chi connectivity index (χ3v) is 5.19. The highest BCUT2D eigenvalue weighted by Crippen LogP contribution is 2.39. The summed E-state index contributed by atoms with van der Waals surface area (Å²) in [7, 11) is 4.65. The van der Waals surface area contributed by atoms with Gasteiger partial charge in [-0.25, -0.2) is 0 Å². The summed E-state index contributed by atoms with van der Waals surface area (Å²) in [4.78, 5) is 15.3. The zero-order chi connectivity index (χ0) is 20.1. The maximum atomic E-state index is 13.4. The second-order valence-corrected chi connectivity index (χ2v) is 6.73. The normalized spacial score (nSPS) is 16.6. The zero-order valence-corrected chi connectivity index (χ0v) is 17.0. The van der Waals surface area contributed by atoms with Crippen molar-refractivity contribution < 1.29 is 19.0 Å². The van der Waals surface area contributed by atoms with Crippen LogP contribution < -0.4 is 19.5 Å². The van der Waals surface area contributed by atoms with Crippen LogP contribution in [0.5, 0.6) is 17.2 Å². The fourth-order valence-electron chi connectivity index (χ4n) is 3.59. The molecule has 150 valence electrons. The fourth-order valence-corrected chi connectivity index (χ4v) is 3.59. The third-order valence-electron chi connectivity index (χ3n) is 5.19. The minimum absolute atomic E-state index is 0.0220. The molecular formula is C22H28N2O4. The van der Waals surface area contributed by atoms with E-state index in [0.29, 0.717) is 29.4 Å². The number of nitrogens with zero attached hydrogens (tertiary/aromatic N) is 1. The van der Waals surface area contributed by atoms with Gasteiger partial charge >= 0.3 is 0 Å². The molecule has 28 heavy (non-hydrogen) atoms. The number of carbonyl (C=O) groups is 1. The zero-order valence-electron chi connectivity index (χ0n) is 17.0. The van der Waals surface area contributed by atoms with E-state index < -0.39 is 0 Å². The molecule has 1 heterocycles. The lowest BCUT2D eigenvalue weighted by Gasteiger charge is -2.37. The predicted molar refractivity (Wildman–Crippen MR) is 109 cm³/mol. The van der Waals surface area contributed by atoms with Crippen molar-refractivity contribution in [2.45, 2.75) is 19.4 Å². The number of methoxy groups -OCH3 is 3. The van der Waals surface area contributed by atoms with E-state index in [0.717, 1.165) is 25.1 Å². The maximum absolute atomic E-state index is 13.4. The number of amides is 1. The molecule has 1 N–H and O–H groups in total. The molecule has 1 atom stereocenters. The van der Waals surface area contributed by atoms with E-state index in [1.807, 2.05) is 4.90 Å². The second kappa shape index (κ2) is 8.97. The van der Waals surface area contributed by atoms with Crippen LogP contribution in [0.15, 0.2) is 36.4 Å². The van der Waals surface area contributed by atoms with E-state index in [4.69, 9.17) is 14.2 Å². The minimum Gasteiger partial charge on any atom is -0.493 e. The van der Waals surface area contributed by atoms with Gasteiger partial charge in [0.05, 0.1) is 27.4 Å². The minimum atomic E-state index is -0.0506. The van der Waals surface area contributed by atoms with E-state index in [1.54, 1.807) is 33.5 Å². The molecule has 1 saturated heterocycles. The van der Waals surface area contributed by atoms with E-state index in [1.165, 1.54) is 5.56 Å². The highest BCUT2D eigenvalue weighted by molar-refractivity contribution is 5.96. The van der Waals surface area contributed by atoms with Crippen molar-refractivity contribution in [2.75, 3.05) is 41.0 Å². The Bertz CT molecular complexity index is 795. The van der Waals surface area contributed by atoms with Crippen molar-refractivity contribution in [1.29, 1.82) is 0 Å². The molecule has 1 fully saturated rings. The lowest BCUT2D eigenvalue weighted by atomic mass is 10.00. The highest BCUT2D eigenvalue weighted by Gasteiger charge is 2.30. The van der Waals surface area contributed by atoms with Crippen molar-refractivity contribution in [1.82, 2.24) is 10.2 Å². The van der Waals surface area contributed by atoms with Crippen LogP contribution in [-0.2, 0) is 6.42 Å². The summed E-state index contributed by atoms with van der Waals surface area (Å²) in [5.41, 5.74) is 2.94. The van der Waals surface area contributed by atoms with Gasteiger partial charge in [-0.15, -0.1) is 0 Å². The molecule has 0 spiro atoms. The van der Waals surface area contributed by atoms with Crippen LogP contribution in [0.3, 0.4) is 0 Å². The van der Waals surface area contributed by atoms with E-state index >= 15 is 0 Å². The standard InChI is InChI=1S/C22H28N2O4/c1-5-15-6-8-16(9-7-15)18-14-23-10-11-24(18)22(25)17-12-19(26-2)21(28-4)20(13-17)27-3/h6-9,12-13,18,23H,5,10-11,14H2,1-4H3. The predicted octanol–water partition coefficient (Wildman–Crippen LogP) is 3.06. The summed E-state index contributed by atoms with van der Waals surface area (Å²) in [5.74, 6) is 1.38. The maximum Gasteiger partial charge on any atom is 0.254 e. The molecule has 1 aliphatic rings. The van der Waals surface area contributed by atoms with Crippen molar-refractivity contribution in [3.8, 4) is 17.2 Å². The van der Waals surface area contributed by atoms with Gasteiger partial charge in [-0.05, 0) is 29.7 Å². The Kier molecular flexibility index (Phi) is 6.41. The Morgan fingerprint density at radius 3 is 2.25 bits per heavy atom. The Balaban J connectivity index is 1.94. The SMILES string of the molecule is CCc1ccc(C2CNCCN2C(=O)c2cc(OC)c(OC)c(OC)c2)cc1. The van der Waals surface area contributed by atoms with Crippen molar-refractivity contribution >= 4 is 5.91 Å². The lowest BCUT2D eigenvalue weighted by Crippen LogP contribution is -2.48. The number of nitrogens with one attached hydrogen (secondary N) is 1. The topological polar surface area (TPSA) is 60.0 Å². The van der Waals surface area contributed by atoms with Crippen LogP contribution in [0.4, 0.5) is 0 Å². The average molecular weight is 384 g/mol. The van der Waals surface area contributed by atoms with Gasteiger partial charge in [0, 0.05) is 25.2 Å². The molecule has 6 heteroatoms. The summed E-state index contributed by atoms with van der Waals surface area (Å²) in [6.07, 6.45) is 0.997. The van der Waals surface area contributed by atoms with Crippen LogP contribution in [0.25, 0.3) is 0 Å². The van der Waals surface area contributed by atoms with Gasteiger partial charge < -0.3 is 24.4 Å². The molecule has 3 rings (SSSR count). The molecule has 1 aliphatic heterocycles. The smallest absolute Gasteiger partial charge is 0.254 e. The first kappa shape index (κ1) is 20.0. The number of benzene rings is 2. The summed E-state index contributed by atoms with van der Waals surface area (Å²) in [6.45, 7) is 4.26. The molecule has 1 unspecified atom stereocenters. The molecule has 2 aromatic carbocycles. The summed E-state index contributed by atoms with van der Waals surface area (Å²) in [6, 6.07) is 11.9. The van der Waals surface area contributed by atoms with Gasteiger partial charge in [-0.2, -0.15) is 0 Å². The molecule has 1 amide bonds. The van der Waals surface area contributed by atoms with Crippen LogP contribution in [0.2, 0.25) is 0 Å². The largest absolute Gasteiger partial charge is 0.493 e. The molecule has 0 aromatic heterocycles. The molecular weight excluding hydrogens is 356 g/mol. The first-order valence-corrected chi connectivity index (χ1v) is 9.53. The van der Waals surface area contributed by atoms with Gasteiger partial charge in [0.25, 0.3) is 5.91 Å². The van der Waals surface area contributed by atoms with E-state index in [2.05, 4.69) is 36.5 Å². The number of piperazine rings is 1. The molecule has 0 aliphatic carbocycles. The molecule has 0 saturated carbocycles. The van der Waals surface area contributed by atoms with Crippen LogP contribution in [0, 0.1) is 0 Å².